The van der Waals surface area contributed by atoms with Gasteiger partial charge in [0.05, 0.1) is 6.54 Å². The van der Waals surface area contributed by atoms with Gasteiger partial charge < -0.3 is 9.67 Å². The predicted molar refractivity (Wildman–Crippen MR) is 121 cm³/mol. The fourth-order valence-corrected chi connectivity index (χ4v) is 4.61. The molecule has 1 aromatic carbocycles. The molecule has 9 nitrogen and oxygen atoms in total. The maximum atomic E-state index is 11.5. The van der Waals surface area contributed by atoms with Gasteiger partial charge in [0.2, 0.25) is 5.82 Å². The average Bonchev–Trinajstić information content (AvgIpc) is 3.54. The lowest BCUT2D eigenvalue weighted by Gasteiger charge is -2.09. The second-order valence-electron chi connectivity index (χ2n) is 7.40. The molecule has 0 spiro atoms. The Labute approximate surface area is 186 Å². The van der Waals surface area contributed by atoms with Gasteiger partial charge in [-0.3, -0.25) is 0 Å². The van der Waals surface area contributed by atoms with Crippen molar-refractivity contribution in [2.75, 3.05) is 0 Å². The van der Waals surface area contributed by atoms with Crippen molar-refractivity contribution in [3.8, 4) is 22.5 Å². The first kappa shape index (κ1) is 20.0. The van der Waals surface area contributed by atoms with Crippen molar-refractivity contribution in [1.82, 2.24) is 35.2 Å². The van der Waals surface area contributed by atoms with E-state index in [2.05, 4.69) is 55.3 Å². The normalized spacial score (nSPS) is 11.3. The number of carboxylic acids is 1. The van der Waals surface area contributed by atoms with Gasteiger partial charge in [-0.05, 0) is 40.3 Å². The highest BCUT2D eigenvalue weighted by atomic mass is 32.1. The van der Waals surface area contributed by atoms with Crippen LogP contribution in [-0.2, 0) is 13.0 Å². The number of tetrazole rings is 1. The fraction of sp³-hybridized carbons (Fsp3) is 0.182. The van der Waals surface area contributed by atoms with E-state index in [1.54, 1.807) is 17.4 Å². The minimum absolute atomic E-state index is 0.0283. The Morgan fingerprint density at radius 3 is 2.62 bits per heavy atom. The number of imidazole rings is 1. The molecule has 2 N–H and O–H groups in total. The lowest BCUT2D eigenvalue weighted by atomic mass is 10.0. The molecule has 0 amide bonds. The summed E-state index contributed by atoms with van der Waals surface area (Å²) in [7, 11) is 0. The highest BCUT2D eigenvalue weighted by Gasteiger charge is 2.17. The van der Waals surface area contributed by atoms with Crippen molar-refractivity contribution < 1.29 is 9.90 Å². The maximum Gasteiger partial charge on any atom is 0.354 e. The first-order chi connectivity index (χ1) is 15.5. The number of carbonyl (C=O) groups is 1. The summed E-state index contributed by atoms with van der Waals surface area (Å²) in [6.45, 7) is 4.45. The summed E-state index contributed by atoms with van der Waals surface area (Å²) < 4.78 is 2.00. The number of fused-ring (bicyclic) bond motifs is 1. The van der Waals surface area contributed by atoms with Crippen LogP contribution in [0.15, 0.2) is 41.1 Å². The molecule has 5 aromatic rings. The Hall–Kier alpha value is -3.92. The van der Waals surface area contributed by atoms with Gasteiger partial charge in [0.15, 0.2) is 11.3 Å². The minimum Gasteiger partial charge on any atom is -0.477 e. The van der Waals surface area contributed by atoms with Crippen molar-refractivity contribution in [2.45, 2.75) is 26.8 Å². The molecule has 0 saturated heterocycles. The molecule has 0 radical (unpaired) electrons. The van der Waals surface area contributed by atoms with E-state index >= 15 is 0 Å². The first-order valence-electron chi connectivity index (χ1n) is 10.0. The summed E-state index contributed by atoms with van der Waals surface area (Å²) in [6, 6.07) is 9.82. The van der Waals surface area contributed by atoms with Gasteiger partial charge in [-0.25, -0.2) is 14.8 Å². The number of aromatic nitrogens is 7. The zero-order valence-corrected chi connectivity index (χ0v) is 18.2. The lowest BCUT2D eigenvalue weighted by molar-refractivity contribution is 0.0690. The molecule has 0 atom stereocenters. The molecule has 4 heterocycles. The van der Waals surface area contributed by atoms with Crippen LogP contribution in [0.2, 0.25) is 0 Å². The molecule has 10 heteroatoms. The molecule has 0 aliphatic rings. The van der Waals surface area contributed by atoms with Gasteiger partial charge in [0, 0.05) is 22.9 Å². The smallest absolute Gasteiger partial charge is 0.354 e. The number of thiophene rings is 1. The maximum absolute atomic E-state index is 11.5. The van der Waals surface area contributed by atoms with Crippen LogP contribution in [0.4, 0.5) is 0 Å². The van der Waals surface area contributed by atoms with Crippen molar-refractivity contribution in [1.29, 1.82) is 0 Å². The summed E-state index contributed by atoms with van der Waals surface area (Å²) in [4.78, 5) is 20.6. The van der Waals surface area contributed by atoms with Crippen molar-refractivity contribution in [3.63, 3.8) is 0 Å². The second-order valence-corrected chi connectivity index (χ2v) is 8.14. The number of aromatic amines is 1. The van der Waals surface area contributed by atoms with Crippen LogP contribution < -0.4 is 0 Å². The van der Waals surface area contributed by atoms with Crippen LogP contribution in [0.25, 0.3) is 33.7 Å². The van der Waals surface area contributed by atoms with Gasteiger partial charge in [-0.2, -0.15) is 16.6 Å². The molecular weight excluding hydrogens is 426 g/mol. The number of rotatable bonds is 6. The van der Waals surface area contributed by atoms with Crippen LogP contribution in [-0.4, -0.2) is 46.2 Å². The molecule has 0 fully saturated rings. The zero-order valence-electron chi connectivity index (χ0n) is 17.4. The molecule has 0 aliphatic carbocycles. The summed E-state index contributed by atoms with van der Waals surface area (Å²) in [5, 5.41) is 27.8. The van der Waals surface area contributed by atoms with Gasteiger partial charge >= 0.3 is 5.97 Å². The van der Waals surface area contributed by atoms with Crippen LogP contribution in [0.1, 0.15) is 34.4 Å². The van der Waals surface area contributed by atoms with E-state index in [0.29, 0.717) is 18.0 Å². The Kier molecular flexibility index (Phi) is 4.98. The van der Waals surface area contributed by atoms with Crippen molar-refractivity contribution in [2.24, 2.45) is 0 Å². The van der Waals surface area contributed by atoms with Gasteiger partial charge in [0.1, 0.15) is 11.3 Å². The standard InChI is InChI=1S/C22H19N7O2S/c1-3-18-24-19-12(2)8-17(22(30)31)23-21(19)29(18)9-13-4-6-14(7-5-13)15-10-32-11-16(15)20-25-27-28-26-20/h4-8,10-11H,3,9H2,1-2H3,(H,30,31)(H,25,26,27,28). The number of hydrogen-bond donors (Lipinski definition) is 2. The van der Waals surface area contributed by atoms with E-state index in [0.717, 1.165) is 45.6 Å². The van der Waals surface area contributed by atoms with Gasteiger partial charge in [-0.1, -0.05) is 31.2 Å². The second kappa shape index (κ2) is 7.97. The molecule has 4 aromatic heterocycles. The highest BCUT2D eigenvalue weighted by molar-refractivity contribution is 7.08. The highest BCUT2D eigenvalue weighted by Crippen LogP contribution is 2.33. The largest absolute Gasteiger partial charge is 0.477 e. The van der Waals surface area contributed by atoms with E-state index in [4.69, 9.17) is 4.98 Å². The number of nitrogens with one attached hydrogen (secondary N) is 1. The first-order valence-corrected chi connectivity index (χ1v) is 11.0. The molecule has 32 heavy (non-hydrogen) atoms. The van der Waals surface area contributed by atoms with E-state index in [-0.39, 0.29) is 5.69 Å². The van der Waals surface area contributed by atoms with E-state index < -0.39 is 5.97 Å². The fourth-order valence-electron chi connectivity index (χ4n) is 3.77. The van der Waals surface area contributed by atoms with E-state index in [1.165, 1.54) is 0 Å². The average molecular weight is 446 g/mol. The molecule has 0 bridgehead atoms. The number of nitrogens with zero attached hydrogens (tertiary/aromatic N) is 6. The zero-order chi connectivity index (χ0) is 22.2. The Bertz CT molecular complexity index is 1420. The molecule has 160 valence electrons. The third-order valence-corrected chi connectivity index (χ3v) is 6.11. The number of aryl methyl sites for hydroxylation is 2. The van der Waals surface area contributed by atoms with Crippen LogP contribution in [0.3, 0.4) is 0 Å². The van der Waals surface area contributed by atoms with Crippen LogP contribution in [0.5, 0.6) is 0 Å². The Balaban J connectivity index is 1.50. The SMILES string of the molecule is CCc1nc2c(C)cc(C(=O)O)nc2n1Cc1ccc(-c2cscc2-c2nn[nH]n2)cc1. The number of benzene rings is 1. The van der Waals surface area contributed by atoms with E-state index in [1.807, 2.05) is 23.8 Å². The van der Waals surface area contributed by atoms with Gasteiger partial charge in [0.25, 0.3) is 0 Å². The number of H-pyrrole nitrogens is 1. The van der Waals surface area contributed by atoms with Crippen molar-refractivity contribution >= 4 is 28.5 Å². The number of hydrogen-bond acceptors (Lipinski definition) is 7. The molecule has 0 unspecified atom stereocenters. The predicted octanol–water partition coefficient (Wildman–Crippen LogP) is 3.96. The molecule has 5 rings (SSSR count). The number of aromatic carboxylic acids is 1. The van der Waals surface area contributed by atoms with E-state index in [9.17, 15) is 9.90 Å². The topological polar surface area (TPSA) is 122 Å². The minimum atomic E-state index is -1.04. The summed E-state index contributed by atoms with van der Waals surface area (Å²) >= 11 is 1.59. The van der Waals surface area contributed by atoms with Gasteiger partial charge in [-0.15, -0.1) is 10.2 Å². The summed E-state index contributed by atoms with van der Waals surface area (Å²) in [5.41, 5.74) is 6.29. The molecular formula is C22H19N7O2S. The third kappa shape index (κ3) is 3.44. The van der Waals surface area contributed by atoms with Crippen molar-refractivity contribution in [3.05, 3.63) is 63.7 Å². The van der Waals surface area contributed by atoms with Crippen LogP contribution in [0, 0.1) is 6.92 Å². The Morgan fingerprint density at radius 1 is 1.16 bits per heavy atom. The summed E-state index contributed by atoms with van der Waals surface area (Å²) in [6.07, 6.45) is 0.721. The third-order valence-electron chi connectivity index (χ3n) is 5.36. The number of carboxylic acid groups (broad SMARTS) is 1. The van der Waals surface area contributed by atoms with Crippen LogP contribution >= 0.6 is 11.3 Å². The summed E-state index contributed by atoms with van der Waals surface area (Å²) in [5.74, 6) is 0.399. The monoisotopic (exact) mass is 445 g/mol. The lowest BCUT2D eigenvalue weighted by Crippen LogP contribution is -2.07. The number of pyridine rings is 1. The molecule has 0 saturated carbocycles. The molecule has 0 aliphatic heterocycles. The Morgan fingerprint density at radius 2 is 1.94 bits per heavy atom. The quantitative estimate of drug-likeness (QED) is 0.406.